The molecule has 1 aliphatic rings. The van der Waals surface area contributed by atoms with E-state index >= 15 is 0 Å². The number of nitrogens with one attached hydrogen (secondary N) is 1. The van der Waals surface area contributed by atoms with Crippen LogP contribution in [0.15, 0.2) is 35.0 Å². The summed E-state index contributed by atoms with van der Waals surface area (Å²) in [5, 5.41) is 2.14. The zero-order valence-corrected chi connectivity index (χ0v) is 20.7. The highest BCUT2D eigenvalue weighted by Crippen LogP contribution is 2.38. The Balaban J connectivity index is 2.77. The minimum atomic E-state index is -5.03. The molecule has 0 saturated carbocycles. The first-order chi connectivity index (χ1) is 16.8. The highest BCUT2D eigenvalue weighted by molar-refractivity contribution is 6.13. The van der Waals surface area contributed by atoms with Gasteiger partial charge in [0, 0.05) is 23.4 Å². The van der Waals surface area contributed by atoms with Crippen LogP contribution in [0.5, 0.6) is 0 Å². The maximum absolute atomic E-state index is 13.9. The van der Waals surface area contributed by atoms with Crippen LogP contribution in [0, 0.1) is 0 Å². The summed E-state index contributed by atoms with van der Waals surface area (Å²) in [6.07, 6.45) is -6.80. The number of alkyl carbamates (subject to hydrolysis) is 1. The average molecular weight is 520 g/mol. The number of alkyl halides is 6. The molecule has 11 heteroatoms. The molecular formula is C25H31F6N3O2. The number of carbonyl (C=O) groups is 1. The second kappa shape index (κ2) is 12.4. The van der Waals surface area contributed by atoms with E-state index in [0.717, 1.165) is 25.3 Å². The van der Waals surface area contributed by atoms with Crippen molar-refractivity contribution in [1.29, 1.82) is 0 Å². The van der Waals surface area contributed by atoms with Crippen LogP contribution in [0.25, 0.3) is 5.57 Å². The Morgan fingerprint density at radius 2 is 1.86 bits per heavy atom. The van der Waals surface area contributed by atoms with Gasteiger partial charge in [0.15, 0.2) is 0 Å². The first-order valence-electron chi connectivity index (χ1n) is 11.9. The average Bonchev–Trinajstić information content (AvgIpc) is 2.80. The number of halogens is 6. The summed E-state index contributed by atoms with van der Waals surface area (Å²) in [7, 11) is 0. The van der Waals surface area contributed by atoms with Crippen molar-refractivity contribution in [1.82, 2.24) is 10.3 Å². The molecule has 0 spiro atoms. The van der Waals surface area contributed by atoms with Gasteiger partial charge in [-0.25, -0.2) is 9.79 Å². The summed E-state index contributed by atoms with van der Waals surface area (Å²) in [5.74, 6) is -0.747. The van der Waals surface area contributed by atoms with Crippen molar-refractivity contribution >= 4 is 17.5 Å². The van der Waals surface area contributed by atoms with Crippen LogP contribution in [-0.4, -0.2) is 29.2 Å². The smallest absolute Gasteiger partial charge is 0.430 e. The number of nitrogens with zero attached hydrogens (tertiary/aromatic N) is 2. The van der Waals surface area contributed by atoms with Crippen LogP contribution in [0.2, 0.25) is 0 Å². The highest BCUT2D eigenvalue weighted by atomic mass is 19.4. The van der Waals surface area contributed by atoms with E-state index in [-0.39, 0.29) is 22.9 Å². The van der Waals surface area contributed by atoms with Gasteiger partial charge < -0.3 is 4.74 Å². The second-order valence-electron chi connectivity index (χ2n) is 8.53. The second-order valence-corrected chi connectivity index (χ2v) is 8.53. The molecule has 0 radical (unpaired) electrons. The van der Waals surface area contributed by atoms with Crippen molar-refractivity contribution in [3.8, 4) is 0 Å². The Bertz CT molecular complexity index is 1010. The molecule has 36 heavy (non-hydrogen) atoms. The molecule has 1 fully saturated rings. The van der Waals surface area contributed by atoms with Crippen molar-refractivity contribution in [2.45, 2.75) is 90.6 Å². The van der Waals surface area contributed by atoms with Gasteiger partial charge in [-0.2, -0.15) is 26.3 Å². The Kier molecular flexibility index (Phi) is 10.1. The van der Waals surface area contributed by atoms with Gasteiger partial charge in [0.25, 0.3) is 0 Å². The van der Waals surface area contributed by atoms with Gasteiger partial charge in [-0.3, -0.25) is 10.3 Å². The molecule has 1 amide bonds. The van der Waals surface area contributed by atoms with Gasteiger partial charge in [-0.1, -0.05) is 46.1 Å². The summed E-state index contributed by atoms with van der Waals surface area (Å²) < 4.78 is 87.6. The van der Waals surface area contributed by atoms with Gasteiger partial charge in [0.1, 0.15) is 5.84 Å². The van der Waals surface area contributed by atoms with E-state index in [2.05, 4.69) is 20.0 Å². The number of amides is 1. The number of amidine groups is 1. The monoisotopic (exact) mass is 519 g/mol. The molecule has 2 unspecified atom stereocenters. The molecule has 1 aliphatic heterocycles. The zero-order chi connectivity index (χ0) is 27.1. The predicted octanol–water partition coefficient (Wildman–Crippen LogP) is 7.94. The van der Waals surface area contributed by atoms with E-state index in [0.29, 0.717) is 25.3 Å². The normalized spacial score (nSPS) is 20.4. The van der Waals surface area contributed by atoms with Crippen LogP contribution in [-0.2, 0) is 10.9 Å². The van der Waals surface area contributed by atoms with Crippen molar-refractivity contribution in [3.05, 3.63) is 46.9 Å². The maximum Gasteiger partial charge on any atom is 0.430 e. The molecule has 1 saturated heterocycles. The van der Waals surface area contributed by atoms with Crippen LogP contribution >= 0.6 is 0 Å². The van der Waals surface area contributed by atoms with E-state index in [1.54, 1.807) is 13.0 Å². The molecule has 1 aromatic heterocycles. The Hall–Kier alpha value is -2.85. The van der Waals surface area contributed by atoms with E-state index in [1.165, 1.54) is 13.1 Å². The third-order valence-corrected chi connectivity index (χ3v) is 5.83. The molecule has 2 atom stereocenters. The number of hydrogen-bond donors (Lipinski definition) is 1. The standard InChI is InChI=1S/C25H31F6N3O2/c1-5-8-10-11-16(7-3)19-14-17(24(26,27)28)13-18(33-19)15(4)20-21(25(29,30)31)36-23(35)34-22(20)32-12-9-6-2/h9,12-14,16,21H,5-8,10-11H2,1-4H3,(H,32,34,35)/b12-9+,20-15+. The zero-order valence-electron chi connectivity index (χ0n) is 20.7. The number of cyclic esters (lactones) is 1. The number of rotatable bonds is 9. The fourth-order valence-corrected chi connectivity index (χ4v) is 3.88. The number of aromatic nitrogens is 1. The number of allylic oxidation sites excluding steroid dienone is 2. The predicted molar refractivity (Wildman–Crippen MR) is 125 cm³/mol. The number of aliphatic imine (C=N–C) groups is 1. The highest BCUT2D eigenvalue weighted by Gasteiger charge is 2.50. The molecule has 0 bridgehead atoms. The Morgan fingerprint density at radius 3 is 2.42 bits per heavy atom. The molecule has 1 aromatic rings. The van der Waals surface area contributed by atoms with E-state index < -0.39 is 41.5 Å². The fraction of sp³-hybridized carbons (Fsp3) is 0.560. The largest absolute Gasteiger partial charge is 0.431 e. The lowest BCUT2D eigenvalue weighted by atomic mass is 9.92. The molecule has 0 aliphatic carbocycles. The van der Waals surface area contributed by atoms with Crippen molar-refractivity contribution < 1.29 is 35.9 Å². The lowest BCUT2D eigenvalue weighted by Gasteiger charge is -2.30. The molecule has 200 valence electrons. The SMILES string of the molecule is CC/C=C/N=C1\NC(=O)OC(C(F)(F)F)\C1=C(\C)c1cc(C(F)(F)F)cc(C(CC)CCCCC)n1. The van der Waals surface area contributed by atoms with E-state index in [9.17, 15) is 31.1 Å². The van der Waals surface area contributed by atoms with Gasteiger partial charge in [-0.15, -0.1) is 0 Å². The lowest BCUT2D eigenvalue weighted by Crippen LogP contribution is -2.50. The van der Waals surface area contributed by atoms with Crippen molar-refractivity contribution in [2.75, 3.05) is 0 Å². The Morgan fingerprint density at radius 1 is 1.17 bits per heavy atom. The van der Waals surface area contributed by atoms with Crippen molar-refractivity contribution in [3.63, 3.8) is 0 Å². The summed E-state index contributed by atoms with van der Waals surface area (Å²) in [4.78, 5) is 20.1. The maximum atomic E-state index is 13.9. The fourth-order valence-electron chi connectivity index (χ4n) is 3.88. The van der Waals surface area contributed by atoms with E-state index in [4.69, 9.17) is 0 Å². The summed E-state index contributed by atoms with van der Waals surface area (Å²) >= 11 is 0. The molecule has 5 nitrogen and oxygen atoms in total. The van der Waals surface area contributed by atoms with Gasteiger partial charge in [-0.05, 0) is 43.9 Å². The molecule has 2 rings (SSSR count). The van der Waals surface area contributed by atoms with Crippen LogP contribution in [0.1, 0.15) is 89.1 Å². The van der Waals surface area contributed by atoms with E-state index in [1.807, 2.05) is 13.8 Å². The third kappa shape index (κ3) is 7.57. The summed E-state index contributed by atoms with van der Waals surface area (Å²) in [6, 6.07) is 1.68. The molecule has 0 aromatic carbocycles. The van der Waals surface area contributed by atoms with Crippen LogP contribution < -0.4 is 5.32 Å². The quantitative estimate of drug-likeness (QED) is 0.266. The minimum Gasteiger partial charge on any atom is -0.431 e. The van der Waals surface area contributed by atoms with Gasteiger partial charge in [0.05, 0.1) is 11.3 Å². The first kappa shape index (κ1) is 29.4. The lowest BCUT2D eigenvalue weighted by molar-refractivity contribution is -0.190. The number of carbonyl (C=O) groups excluding carboxylic acids is 1. The molecular weight excluding hydrogens is 488 g/mol. The third-order valence-electron chi connectivity index (χ3n) is 5.83. The molecule has 2 heterocycles. The number of ether oxygens (including phenoxy) is 1. The first-order valence-corrected chi connectivity index (χ1v) is 11.9. The van der Waals surface area contributed by atoms with Crippen LogP contribution in [0.3, 0.4) is 0 Å². The minimum absolute atomic E-state index is 0.159. The topological polar surface area (TPSA) is 63.6 Å². The number of hydrogen-bond acceptors (Lipinski definition) is 4. The number of unbranched alkanes of at least 4 members (excludes halogenated alkanes) is 2. The van der Waals surface area contributed by atoms with Crippen molar-refractivity contribution in [2.24, 2.45) is 4.99 Å². The summed E-state index contributed by atoms with van der Waals surface area (Å²) in [5.41, 5.74) is -1.96. The van der Waals surface area contributed by atoms with Crippen LogP contribution in [0.4, 0.5) is 31.1 Å². The summed E-state index contributed by atoms with van der Waals surface area (Å²) in [6.45, 7) is 6.84. The van der Waals surface area contributed by atoms with Gasteiger partial charge >= 0.3 is 18.4 Å². The number of pyridine rings is 1. The molecule has 1 N–H and O–H groups in total. The van der Waals surface area contributed by atoms with Gasteiger partial charge in [0.2, 0.25) is 6.10 Å². The Labute approximate surface area is 206 Å².